The van der Waals surface area contributed by atoms with Crippen molar-refractivity contribution in [2.75, 3.05) is 0 Å². The second-order valence-corrected chi connectivity index (χ2v) is 18.2. The van der Waals surface area contributed by atoms with Crippen LogP contribution < -0.4 is 51.7 Å². The highest BCUT2D eigenvalue weighted by molar-refractivity contribution is 6.99. The Balaban J connectivity index is 0.802. The Morgan fingerprint density at radius 1 is 0.338 bits per heavy atom. The second-order valence-electron chi connectivity index (χ2n) is 18.2. The molecule has 0 aliphatic carbocycles. The molecule has 6 nitrogen and oxygen atoms in total. The van der Waals surface area contributed by atoms with E-state index in [2.05, 4.69) is 162 Å². The maximum atomic E-state index is 6.89. The van der Waals surface area contributed by atoms with Crippen LogP contribution in [-0.2, 0) is 0 Å². The molecule has 0 fully saturated rings. The Hall–Kier alpha value is -8.87. The summed E-state index contributed by atoms with van der Waals surface area (Å²) >= 11 is 0. The number of para-hydroxylation sites is 5. The summed E-state index contributed by atoms with van der Waals surface area (Å²) in [6, 6.07) is 70.5. The Morgan fingerprint density at radius 3 is 1.75 bits per heavy atom. The van der Waals surface area contributed by atoms with Crippen molar-refractivity contribution in [2.24, 2.45) is 0 Å². The zero-order chi connectivity index (χ0) is 44.2. The van der Waals surface area contributed by atoms with Crippen molar-refractivity contribution in [3.63, 3.8) is 0 Å². The fourth-order valence-corrected chi connectivity index (χ4v) is 11.7. The number of furan rings is 1. The van der Waals surface area contributed by atoms with Gasteiger partial charge in [-0.25, -0.2) is 0 Å². The predicted molar refractivity (Wildman–Crippen MR) is 274 cm³/mol. The van der Waals surface area contributed by atoms with Crippen LogP contribution in [0.3, 0.4) is 0 Å². The molecule has 0 radical (unpaired) electrons. The number of aromatic nitrogens is 1. The SMILES string of the molecule is c1ccc2c(c1)Oc1cccc3c1B2c1ccc(-n2c4ccccc4c4cc(-c5ccc6c(c5)Oc5cccc7c5B6c5cccc(-c6cccc8c6oc6ccccc68)c5O7)ccc42)cc1O3. The molecule has 6 heterocycles. The van der Waals surface area contributed by atoms with E-state index in [-0.39, 0.29) is 13.4 Å². The Morgan fingerprint density at radius 2 is 0.897 bits per heavy atom. The molecular weight excluding hydrogens is 836 g/mol. The number of nitrogens with zero attached hydrogens (tertiary/aromatic N) is 1. The molecule has 10 aromatic carbocycles. The molecular formula is C60H33B2NO5. The highest BCUT2D eigenvalue weighted by atomic mass is 16.5. The fraction of sp³-hybridized carbons (Fsp3) is 0. The van der Waals surface area contributed by atoms with Gasteiger partial charge in [-0.3, -0.25) is 0 Å². The first-order chi connectivity index (χ1) is 33.7. The maximum Gasteiger partial charge on any atom is 0.260 e. The Labute approximate surface area is 390 Å². The van der Waals surface area contributed by atoms with E-state index in [0.717, 1.165) is 140 Å². The first-order valence-electron chi connectivity index (χ1n) is 23.1. The normalized spacial score (nSPS) is 13.4. The summed E-state index contributed by atoms with van der Waals surface area (Å²) in [5.41, 5.74) is 15.8. The number of fused-ring (bicyclic) bond motifs is 14. The summed E-state index contributed by atoms with van der Waals surface area (Å²) in [5, 5.41) is 4.54. The largest absolute Gasteiger partial charge is 0.458 e. The van der Waals surface area contributed by atoms with E-state index in [9.17, 15) is 0 Å². The van der Waals surface area contributed by atoms with Crippen molar-refractivity contribution in [1.82, 2.24) is 4.57 Å². The Kier molecular flexibility index (Phi) is 7.15. The average molecular weight is 870 g/mol. The second kappa shape index (κ2) is 13.4. The van der Waals surface area contributed by atoms with E-state index in [1.165, 1.54) is 10.8 Å². The van der Waals surface area contributed by atoms with Crippen LogP contribution in [0.5, 0.6) is 46.0 Å². The van der Waals surface area contributed by atoms with Crippen LogP contribution in [0.2, 0.25) is 0 Å². The topological polar surface area (TPSA) is 55.0 Å². The third-order valence-corrected chi connectivity index (χ3v) is 14.7. The molecule has 2 aromatic heterocycles. The van der Waals surface area contributed by atoms with Gasteiger partial charge in [-0.1, -0.05) is 127 Å². The lowest BCUT2D eigenvalue weighted by Crippen LogP contribution is -2.57. The van der Waals surface area contributed by atoms with E-state index < -0.39 is 0 Å². The first kappa shape index (κ1) is 36.4. The molecule has 0 atom stereocenters. The molecule has 314 valence electrons. The maximum absolute atomic E-state index is 6.89. The molecule has 8 heteroatoms. The first-order valence-corrected chi connectivity index (χ1v) is 23.1. The molecule has 0 bridgehead atoms. The monoisotopic (exact) mass is 869 g/mol. The van der Waals surface area contributed by atoms with E-state index in [1.54, 1.807) is 0 Å². The molecule has 4 aliphatic heterocycles. The van der Waals surface area contributed by atoms with Crippen LogP contribution >= 0.6 is 0 Å². The van der Waals surface area contributed by atoms with Gasteiger partial charge in [-0.05, 0) is 99.7 Å². The minimum absolute atomic E-state index is 0.0171. The summed E-state index contributed by atoms with van der Waals surface area (Å²) in [4.78, 5) is 0. The minimum Gasteiger partial charge on any atom is -0.458 e. The summed E-state index contributed by atoms with van der Waals surface area (Å²) < 4.78 is 35.7. The summed E-state index contributed by atoms with van der Waals surface area (Å²) in [7, 11) is 0. The highest BCUT2D eigenvalue weighted by Gasteiger charge is 2.42. The van der Waals surface area contributed by atoms with Gasteiger partial charge in [-0.2, -0.15) is 0 Å². The van der Waals surface area contributed by atoms with Crippen LogP contribution in [0, 0.1) is 0 Å². The summed E-state index contributed by atoms with van der Waals surface area (Å²) in [6.45, 7) is -0.0706. The molecule has 0 amide bonds. The van der Waals surface area contributed by atoms with Crippen LogP contribution in [0.1, 0.15) is 0 Å². The lowest BCUT2D eigenvalue weighted by atomic mass is 9.34. The molecule has 0 spiro atoms. The standard InChI is InChI=1S/C60H33B2NO5/c1-4-18-47-37(11-1)42-31-34(26-30-48(42)63(47)36-27-29-45-56(33-36)66-52-22-9-21-51-57(52)61(45)43-16-3-6-20-50(43)64-51)35-25-28-44-55(32-35)65-53-23-10-24-54-58(53)62(44)46-17-8-15-41(60(46)68-54)40-14-7-13-39-38-12-2-5-19-49(38)67-59(39)40/h1-33H. The van der Waals surface area contributed by atoms with Gasteiger partial charge in [0.05, 0.1) is 11.0 Å². The zero-order valence-electron chi connectivity index (χ0n) is 36.2. The van der Waals surface area contributed by atoms with Crippen molar-refractivity contribution in [3.05, 3.63) is 200 Å². The predicted octanol–water partition coefficient (Wildman–Crippen LogP) is 11.5. The van der Waals surface area contributed by atoms with Crippen LogP contribution in [0.4, 0.5) is 0 Å². The number of ether oxygens (including phenoxy) is 4. The van der Waals surface area contributed by atoms with E-state index in [0.29, 0.717) is 0 Å². The smallest absolute Gasteiger partial charge is 0.260 e. The number of rotatable bonds is 3. The van der Waals surface area contributed by atoms with Crippen molar-refractivity contribution in [1.29, 1.82) is 0 Å². The summed E-state index contributed by atoms with van der Waals surface area (Å²) in [6.07, 6.45) is 0. The average Bonchev–Trinajstić information content (AvgIpc) is 3.94. The van der Waals surface area contributed by atoms with Crippen molar-refractivity contribution >= 4 is 89.9 Å². The molecule has 4 aliphatic rings. The third kappa shape index (κ3) is 4.93. The van der Waals surface area contributed by atoms with Gasteiger partial charge in [0.25, 0.3) is 13.4 Å². The molecule has 0 unspecified atom stereocenters. The zero-order valence-corrected chi connectivity index (χ0v) is 36.2. The van der Waals surface area contributed by atoms with Crippen molar-refractivity contribution < 1.29 is 23.4 Å². The van der Waals surface area contributed by atoms with Gasteiger partial charge >= 0.3 is 0 Å². The van der Waals surface area contributed by atoms with Gasteiger partial charge in [0.1, 0.15) is 57.2 Å². The lowest BCUT2D eigenvalue weighted by molar-refractivity contribution is 0.464. The molecule has 16 rings (SSSR count). The number of hydrogen-bond donors (Lipinski definition) is 0. The summed E-state index contributed by atoms with van der Waals surface area (Å²) in [5.74, 6) is 6.72. The van der Waals surface area contributed by atoms with E-state index in [4.69, 9.17) is 23.4 Å². The molecule has 0 saturated heterocycles. The van der Waals surface area contributed by atoms with E-state index >= 15 is 0 Å². The van der Waals surface area contributed by atoms with Gasteiger partial charge in [0.2, 0.25) is 0 Å². The lowest BCUT2D eigenvalue weighted by Gasteiger charge is -2.33. The minimum atomic E-state index is -0.0876. The fourth-order valence-electron chi connectivity index (χ4n) is 11.7. The number of hydrogen-bond acceptors (Lipinski definition) is 5. The third-order valence-electron chi connectivity index (χ3n) is 14.7. The van der Waals surface area contributed by atoms with Gasteiger partial charge in [0, 0.05) is 55.4 Å². The molecule has 0 N–H and O–H groups in total. The molecule has 68 heavy (non-hydrogen) atoms. The van der Waals surface area contributed by atoms with Crippen LogP contribution in [0.15, 0.2) is 205 Å². The quantitative estimate of drug-likeness (QED) is 0.166. The van der Waals surface area contributed by atoms with Crippen molar-refractivity contribution in [2.45, 2.75) is 0 Å². The van der Waals surface area contributed by atoms with Crippen molar-refractivity contribution in [3.8, 4) is 73.9 Å². The van der Waals surface area contributed by atoms with E-state index in [1.807, 2.05) is 42.5 Å². The van der Waals surface area contributed by atoms with Gasteiger partial charge < -0.3 is 27.9 Å². The van der Waals surface area contributed by atoms with Gasteiger partial charge in [0.15, 0.2) is 0 Å². The molecule has 12 aromatic rings. The van der Waals surface area contributed by atoms with Gasteiger partial charge in [-0.15, -0.1) is 0 Å². The number of benzene rings is 10. The van der Waals surface area contributed by atoms with Crippen LogP contribution in [-0.4, -0.2) is 18.0 Å². The molecule has 0 saturated carbocycles. The Bertz CT molecular complexity index is 4210. The highest BCUT2D eigenvalue weighted by Crippen LogP contribution is 2.44. The van der Waals surface area contributed by atoms with Crippen LogP contribution in [0.25, 0.3) is 71.7 Å².